The van der Waals surface area contributed by atoms with Crippen molar-refractivity contribution in [3.63, 3.8) is 0 Å². The van der Waals surface area contributed by atoms with E-state index in [1.54, 1.807) is 18.2 Å². The van der Waals surface area contributed by atoms with Crippen molar-refractivity contribution in [3.8, 4) is 5.69 Å². The molecule has 0 spiro atoms. The largest absolute Gasteiger partial charge is 0.346 e. The average molecular weight is 319 g/mol. The van der Waals surface area contributed by atoms with Gasteiger partial charge >= 0.3 is 0 Å². The van der Waals surface area contributed by atoms with E-state index in [4.69, 9.17) is 5.73 Å². The maximum Gasteiger partial charge on any atom is 0.277 e. The van der Waals surface area contributed by atoms with Crippen LogP contribution in [0, 0.1) is 0 Å². The van der Waals surface area contributed by atoms with E-state index in [0.29, 0.717) is 5.69 Å². The van der Waals surface area contributed by atoms with E-state index in [9.17, 15) is 13.6 Å². The fourth-order valence-corrected chi connectivity index (χ4v) is 1.51. The number of nitrogens with one attached hydrogen (secondary N) is 1. The number of tetrazole rings is 1. The van der Waals surface area contributed by atoms with Gasteiger partial charge in [0.25, 0.3) is 11.8 Å². The van der Waals surface area contributed by atoms with Gasteiger partial charge < -0.3 is 11.1 Å². The second-order valence-corrected chi connectivity index (χ2v) is 4.01. The van der Waals surface area contributed by atoms with Crippen molar-refractivity contribution in [1.29, 1.82) is 0 Å². The van der Waals surface area contributed by atoms with Gasteiger partial charge in [0.05, 0.1) is 24.3 Å². The molecule has 10 heteroatoms. The van der Waals surface area contributed by atoms with Gasteiger partial charge in [-0.15, -0.1) is 17.5 Å². The first-order chi connectivity index (χ1) is 9.53. The third-order valence-corrected chi connectivity index (χ3v) is 2.55. The monoisotopic (exact) mass is 318 g/mol. The SMILES string of the molecule is Cl.NCC(F)(F)CNC(=O)c1ccccc1-n1cnnn1. The van der Waals surface area contributed by atoms with E-state index in [0.717, 1.165) is 0 Å². The number of amides is 1. The van der Waals surface area contributed by atoms with E-state index in [2.05, 4.69) is 20.8 Å². The average Bonchev–Trinajstić information content (AvgIpc) is 2.99. The Kier molecular flexibility index (Phi) is 5.68. The molecule has 7 nitrogen and oxygen atoms in total. The molecule has 0 atom stereocenters. The highest BCUT2D eigenvalue weighted by Crippen LogP contribution is 2.14. The van der Waals surface area contributed by atoms with Gasteiger partial charge in [-0.05, 0) is 22.6 Å². The maximum absolute atomic E-state index is 13.0. The van der Waals surface area contributed by atoms with Gasteiger partial charge in [-0.25, -0.2) is 8.78 Å². The van der Waals surface area contributed by atoms with Crippen molar-refractivity contribution in [2.45, 2.75) is 5.92 Å². The maximum atomic E-state index is 13.0. The summed E-state index contributed by atoms with van der Waals surface area (Å²) in [5.41, 5.74) is 5.49. The predicted molar refractivity (Wildman–Crippen MR) is 72.7 cm³/mol. The number of carbonyl (C=O) groups is 1. The van der Waals surface area contributed by atoms with Crippen LogP contribution in [-0.2, 0) is 0 Å². The molecule has 0 saturated carbocycles. The quantitative estimate of drug-likeness (QED) is 0.832. The number of carbonyl (C=O) groups excluding carboxylic acids is 1. The number of hydrogen-bond acceptors (Lipinski definition) is 5. The van der Waals surface area contributed by atoms with Crippen LogP contribution >= 0.6 is 12.4 Å². The van der Waals surface area contributed by atoms with Crippen molar-refractivity contribution in [1.82, 2.24) is 25.5 Å². The Morgan fingerprint density at radius 1 is 1.38 bits per heavy atom. The Morgan fingerprint density at radius 3 is 2.71 bits per heavy atom. The lowest BCUT2D eigenvalue weighted by atomic mass is 10.1. The summed E-state index contributed by atoms with van der Waals surface area (Å²) in [7, 11) is 0. The summed E-state index contributed by atoms with van der Waals surface area (Å²) in [5, 5.41) is 12.7. The first-order valence-electron chi connectivity index (χ1n) is 5.72. The molecule has 0 aliphatic carbocycles. The Hall–Kier alpha value is -2.13. The first-order valence-corrected chi connectivity index (χ1v) is 5.72. The number of aromatic nitrogens is 4. The third-order valence-electron chi connectivity index (χ3n) is 2.55. The molecule has 21 heavy (non-hydrogen) atoms. The van der Waals surface area contributed by atoms with Gasteiger partial charge in [-0.1, -0.05) is 12.1 Å². The Bertz CT molecular complexity index is 592. The van der Waals surface area contributed by atoms with Gasteiger partial charge in [-0.3, -0.25) is 4.79 Å². The second kappa shape index (κ2) is 7.04. The van der Waals surface area contributed by atoms with Crippen LogP contribution in [-0.4, -0.2) is 45.1 Å². The molecule has 1 amide bonds. The number of nitrogens with zero attached hydrogens (tertiary/aromatic N) is 4. The smallest absolute Gasteiger partial charge is 0.277 e. The van der Waals surface area contributed by atoms with E-state index in [-0.39, 0.29) is 18.0 Å². The molecule has 1 aromatic heterocycles. The van der Waals surface area contributed by atoms with Crippen LogP contribution in [0.15, 0.2) is 30.6 Å². The van der Waals surface area contributed by atoms with Crippen LogP contribution in [0.4, 0.5) is 8.78 Å². The van der Waals surface area contributed by atoms with Gasteiger partial charge in [0.15, 0.2) is 0 Å². The summed E-state index contributed by atoms with van der Waals surface area (Å²) in [4.78, 5) is 12.0. The number of halogens is 3. The van der Waals surface area contributed by atoms with Crippen LogP contribution in [0.25, 0.3) is 5.69 Å². The summed E-state index contributed by atoms with van der Waals surface area (Å²) >= 11 is 0. The van der Waals surface area contributed by atoms with Crippen LogP contribution in [0.3, 0.4) is 0 Å². The summed E-state index contributed by atoms with van der Waals surface area (Å²) in [6.45, 7) is -1.66. The molecule has 0 aliphatic heterocycles. The summed E-state index contributed by atoms with van der Waals surface area (Å²) in [6.07, 6.45) is 1.31. The molecule has 1 heterocycles. The summed E-state index contributed by atoms with van der Waals surface area (Å²) < 4.78 is 27.3. The molecular weight excluding hydrogens is 306 g/mol. The number of nitrogens with two attached hydrogens (primary N) is 1. The van der Waals surface area contributed by atoms with Crippen LogP contribution < -0.4 is 11.1 Å². The van der Waals surface area contributed by atoms with Crippen molar-refractivity contribution < 1.29 is 13.6 Å². The lowest BCUT2D eigenvalue weighted by Crippen LogP contribution is -2.41. The molecule has 0 unspecified atom stereocenters. The van der Waals surface area contributed by atoms with Gasteiger partial charge in [-0.2, -0.15) is 4.68 Å². The molecule has 0 aliphatic rings. The third kappa shape index (κ3) is 4.17. The molecule has 0 fully saturated rings. The number of hydrogen-bond donors (Lipinski definition) is 2. The van der Waals surface area contributed by atoms with Crippen molar-refractivity contribution >= 4 is 18.3 Å². The first kappa shape index (κ1) is 16.9. The van der Waals surface area contributed by atoms with E-state index < -0.39 is 24.9 Å². The topological polar surface area (TPSA) is 98.7 Å². The Labute approximate surface area is 124 Å². The van der Waals surface area contributed by atoms with Crippen molar-refractivity contribution in [2.24, 2.45) is 5.73 Å². The highest BCUT2D eigenvalue weighted by atomic mass is 35.5. The lowest BCUT2D eigenvalue weighted by molar-refractivity contribution is 0.0118. The van der Waals surface area contributed by atoms with Crippen LogP contribution in [0.1, 0.15) is 10.4 Å². The molecule has 0 saturated heterocycles. The van der Waals surface area contributed by atoms with Crippen molar-refractivity contribution in [2.75, 3.05) is 13.1 Å². The number of para-hydroxylation sites is 1. The molecule has 2 aromatic rings. The molecule has 0 bridgehead atoms. The highest BCUT2D eigenvalue weighted by molar-refractivity contribution is 5.97. The molecule has 2 rings (SSSR count). The number of rotatable bonds is 5. The zero-order valence-corrected chi connectivity index (χ0v) is 11.6. The minimum Gasteiger partial charge on any atom is -0.346 e. The van der Waals surface area contributed by atoms with Gasteiger partial charge in [0.2, 0.25) is 0 Å². The summed E-state index contributed by atoms with van der Waals surface area (Å²) in [5.74, 6) is -3.79. The van der Waals surface area contributed by atoms with Crippen molar-refractivity contribution in [3.05, 3.63) is 36.2 Å². The molecule has 0 radical (unpaired) electrons. The minimum atomic E-state index is -3.14. The lowest BCUT2D eigenvalue weighted by Gasteiger charge is -2.15. The van der Waals surface area contributed by atoms with E-state index in [1.807, 2.05) is 0 Å². The minimum absolute atomic E-state index is 0. The van der Waals surface area contributed by atoms with Crippen LogP contribution in [0.5, 0.6) is 0 Å². The van der Waals surface area contributed by atoms with Crippen LogP contribution in [0.2, 0.25) is 0 Å². The molecule has 1 aromatic carbocycles. The summed E-state index contributed by atoms with van der Waals surface area (Å²) in [6, 6.07) is 6.39. The van der Waals surface area contributed by atoms with E-state index in [1.165, 1.54) is 17.1 Å². The second-order valence-electron chi connectivity index (χ2n) is 4.01. The standard InChI is InChI=1S/C11H12F2N6O.ClH/c12-11(13,5-14)6-15-10(20)8-3-1-2-4-9(8)19-7-16-17-18-19;/h1-4,7H,5-6,14H2,(H,15,20);1H. The number of alkyl halides is 2. The fraction of sp³-hybridized carbons (Fsp3) is 0.273. The molecular formula is C11H13ClF2N6O. The number of benzene rings is 1. The fourth-order valence-electron chi connectivity index (χ4n) is 1.51. The highest BCUT2D eigenvalue weighted by Gasteiger charge is 2.27. The van der Waals surface area contributed by atoms with Gasteiger partial charge in [0, 0.05) is 0 Å². The molecule has 114 valence electrons. The molecule has 3 N–H and O–H groups in total. The Morgan fingerprint density at radius 2 is 2.10 bits per heavy atom. The van der Waals surface area contributed by atoms with E-state index >= 15 is 0 Å². The Balaban J connectivity index is 0.00000220. The zero-order chi connectivity index (χ0) is 14.6. The normalized spacial score (nSPS) is 10.8. The predicted octanol–water partition coefficient (Wildman–Crippen LogP) is 0.408. The van der Waals surface area contributed by atoms with Gasteiger partial charge in [0.1, 0.15) is 6.33 Å². The zero-order valence-electron chi connectivity index (χ0n) is 10.7.